The number of hydrogen-bond acceptors (Lipinski definition) is 5. The molecule has 0 spiro atoms. The average Bonchev–Trinajstić information content (AvgIpc) is 3.34. The number of sulfonamides is 1. The van der Waals surface area contributed by atoms with Gasteiger partial charge < -0.3 is 8.98 Å². The number of aryl methyl sites for hydroxylation is 1. The van der Waals surface area contributed by atoms with Gasteiger partial charge in [-0.15, -0.1) is 10.2 Å². The molecule has 8 heteroatoms. The van der Waals surface area contributed by atoms with E-state index >= 15 is 0 Å². The van der Waals surface area contributed by atoms with E-state index in [0.717, 1.165) is 24.0 Å². The summed E-state index contributed by atoms with van der Waals surface area (Å²) in [5.41, 5.74) is 3.94. The minimum absolute atomic E-state index is 0.234. The number of hydrogen-bond donors (Lipinski definition) is 1. The van der Waals surface area contributed by atoms with E-state index in [1.807, 2.05) is 38.2 Å². The third kappa shape index (κ3) is 3.38. The Labute approximate surface area is 164 Å². The van der Waals surface area contributed by atoms with E-state index in [1.165, 1.54) is 0 Å². The maximum absolute atomic E-state index is 13.0. The number of nitrogens with zero attached hydrogens (tertiary/aromatic N) is 3. The van der Waals surface area contributed by atoms with Gasteiger partial charge in [0, 0.05) is 30.8 Å². The van der Waals surface area contributed by atoms with E-state index < -0.39 is 10.0 Å². The minimum Gasteiger partial charge on any atom is -0.419 e. The van der Waals surface area contributed by atoms with Crippen LogP contribution < -0.4 is 4.72 Å². The van der Waals surface area contributed by atoms with E-state index in [9.17, 15) is 8.42 Å². The van der Waals surface area contributed by atoms with Gasteiger partial charge in [0.2, 0.25) is 15.9 Å². The summed E-state index contributed by atoms with van der Waals surface area (Å²) in [5, 5.41) is 8.28. The molecule has 2 aromatic heterocycles. The number of rotatable bonds is 6. The molecule has 2 heterocycles. The molecule has 148 valence electrons. The zero-order valence-electron chi connectivity index (χ0n) is 16.5. The van der Waals surface area contributed by atoms with Crippen LogP contribution in [0.1, 0.15) is 47.0 Å². The second kappa shape index (κ2) is 6.86. The predicted octanol–water partition coefficient (Wildman–Crippen LogP) is 3.36. The second-order valence-corrected chi connectivity index (χ2v) is 9.18. The van der Waals surface area contributed by atoms with E-state index in [2.05, 4.69) is 14.9 Å². The first-order chi connectivity index (χ1) is 13.3. The van der Waals surface area contributed by atoms with Crippen molar-refractivity contribution in [2.24, 2.45) is 7.05 Å². The lowest BCUT2D eigenvalue weighted by atomic mass is 10.2. The van der Waals surface area contributed by atoms with Crippen molar-refractivity contribution in [3.63, 3.8) is 0 Å². The molecular formula is C20H24N4O3S. The Morgan fingerprint density at radius 2 is 1.82 bits per heavy atom. The molecule has 1 aliphatic rings. The fourth-order valence-corrected chi connectivity index (χ4v) is 4.96. The van der Waals surface area contributed by atoms with Crippen LogP contribution >= 0.6 is 0 Å². The third-order valence-corrected chi connectivity index (χ3v) is 6.95. The molecule has 0 atom stereocenters. The summed E-state index contributed by atoms with van der Waals surface area (Å²) in [7, 11) is -1.88. The largest absolute Gasteiger partial charge is 0.419 e. The van der Waals surface area contributed by atoms with Gasteiger partial charge in [-0.25, -0.2) is 13.1 Å². The minimum atomic E-state index is -3.70. The number of aromatic nitrogens is 3. The van der Waals surface area contributed by atoms with E-state index in [0.29, 0.717) is 34.7 Å². The zero-order chi connectivity index (χ0) is 20.1. The summed E-state index contributed by atoms with van der Waals surface area (Å²) >= 11 is 0. The molecule has 0 unspecified atom stereocenters. The van der Waals surface area contributed by atoms with Crippen molar-refractivity contribution in [1.29, 1.82) is 0 Å². The Bertz CT molecular complexity index is 1120. The SMILES string of the molecule is Cc1ccc(CNS(=O)(=O)c2c(C)c(-c3nnc(C4CC4)o3)n(C)c2C)cc1. The molecule has 1 fully saturated rings. The van der Waals surface area contributed by atoms with Crippen molar-refractivity contribution in [1.82, 2.24) is 19.5 Å². The molecule has 1 N–H and O–H groups in total. The smallest absolute Gasteiger partial charge is 0.264 e. The van der Waals surface area contributed by atoms with Crippen molar-refractivity contribution >= 4 is 10.0 Å². The maximum Gasteiger partial charge on any atom is 0.264 e. The normalized spacial score (nSPS) is 14.6. The first-order valence-corrected chi connectivity index (χ1v) is 10.8. The van der Waals surface area contributed by atoms with E-state index in [1.54, 1.807) is 18.4 Å². The van der Waals surface area contributed by atoms with E-state index in [-0.39, 0.29) is 11.4 Å². The number of benzene rings is 1. The standard InChI is InChI=1S/C20H24N4O3S/c1-12-5-7-15(8-6-12)11-21-28(25,26)18-13(2)17(24(4)14(18)3)20-23-22-19(27-20)16-9-10-16/h5-8,16,21H,9-11H2,1-4H3. The van der Waals surface area contributed by atoms with Gasteiger partial charge in [0.05, 0.1) is 0 Å². The van der Waals surface area contributed by atoms with Crippen LogP contribution in [0.5, 0.6) is 0 Å². The van der Waals surface area contributed by atoms with Crippen molar-refractivity contribution < 1.29 is 12.8 Å². The van der Waals surface area contributed by atoms with Crippen LogP contribution in [-0.4, -0.2) is 23.2 Å². The van der Waals surface area contributed by atoms with Gasteiger partial charge in [-0.05, 0) is 39.2 Å². The fraction of sp³-hybridized carbons (Fsp3) is 0.400. The molecule has 3 aromatic rings. The summed E-state index contributed by atoms with van der Waals surface area (Å²) in [5.74, 6) is 1.35. The maximum atomic E-state index is 13.0. The lowest BCUT2D eigenvalue weighted by Crippen LogP contribution is -2.24. The lowest BCUT2D eigenvalue weighted by Gasteiger charge is -2.08. The van der Waals surface area contributed by atoms with E-state index in [4.69, 9.17) is 4.42 Å². The van der Waals surface area contributed by atoms with Gasteiger partial charge in [0.1, 0.15) is 10.6 Å². The summed E-state index contributed by atoms with van der Waals surface area (Å²) < 4.78 is 36.4. The van der Waals surface area contributed by atoms with Gasteiger partial charge in [-0.3, -0.25) is 0 Å². The van der Waals surface area contributed by atoms with Gasteiger partial charge in [0.15, 0.2) is 0 Å². The molecule has 0 saturated heterocycles. The molecule has 0 radical (unpaired) electrons. The summed E-state index contributed by atoms with van der Waals surface area (Å²) in [6.07, 6.45) is 2.13. The summed E-state index contributed by atoms with van der Waals surface area (Å²) in [6.45, 7) is 5.80. The Hall–Kier alpha value is -2.45. The highest BCUT2D eigenvalue weighted by atomic mass is 32.2. The predicted molar refractivity (Wildman–Crippen MR) is 105 cm³/mol. The molecule has 7 nitrogen and oxygen atoms in total. The highest BCUT2D eigenvalue weighted by Crippen LogP contribution is 2.41. The summed E-state index contributed by atoms with van der Waals surface area (Å²) in [4.78, 5) is 0.267. The lowest BCUT2D eigenvalue weighted by molar-refractivity contribution is 0.504. The van der Waals surface area contributed by atoms with Crippen LogP contribution in [0.2, 0.25) is 0 Å². The van der Waals surface area contributed by atoms with Crippen molar-refractivity contribution in [2.45, 2.75) is 51.0 Å². The van der Waals surface area contributed by atoms with Gasteiger partial charge in [0.25, 0.3) is 5.89 Å². The van der Waals surface area contributed by atoms with Gasteiger partial charge in [-0.1, -0.05) is 29.8 Å². The molecule has 1 aromatic carbocycles. The van der Waals surface area contributed by atoms with Crippen LogP contribution in [0.3, 0.4) is 0 Å². The van der Waals surface area contributed by atoms with Crippen molar-refractivity contribution in [3.8, 4) is 11.6 Å². The van der Waals surface area contributed by atoms with Crippen molar-refractivity contribution in [2.75, 3.05) is 0 Å². The Morgan fingerprint density at radius 3 is 2.46 bits per heavy atom. The van der Waals surface area contributed by atoms with Crippen LogP contribution in [0.25, 0.3) is 11.6 Å². The average molecular weight is 401 g/mol. The second-order valence-electron chi connectivity index (χ2n) is 7.48. The molecule has 0 amide bonds. The molecule has 0 bridgehead atoms. The Morgan fingerprint density at radius 1 is 1.14 bits per heavy atom. The van der Waals surface area contributed by atoms with Crippen molar-refractivity contribution in [3.05, 3.63) is 52.5 Å². The van der Waals surface area contributed by atoms with Crippen LogP contribution in [0.15, 0.2) is 33.6 Å². The zero-order valence-corrected chi connectivity index (χ0v) is 17.3. The van der Waals surface area contributed by atoms with Gasteiger partial charge >= 0.3 is 0 Å². The highest BCUT2D eigenvalue weighted by molar-refractivity contribution is 7.89. The fourth-order valence-electron chi connectivity index (χ4n) is 3.43. The van der Waals surface area contributed by atoms with Crippen LogP contribution in [0.4, 0.5) is 0 Å². The molecule has 4 rings (SSSR count). The number of nitrogens with one attached hydrogen (secondary N) is 1. The van der Waals surface area contributed by atoms with Crippen LogP contribution in [-0.2, 0) is 23.6 Å². The first kappa shape index (κ1) is 18.9. The molecule has 1 saturated carbocycles. The monoisotopic (exact) mass is 400 g/mol. The Kier molecular flexibility index (Phi) is 4.63. The molecular weight excluding hydrogens is 376 g/mol. The molecule has 1 aliphatic carbocycles. The first-order valence-electron chi connectivity index (χ1n) is 9.33. The van der Waals surface area contributed by atoms with Crippen LogP contribution in [0, 0.1) is 20.8 Å². The molecule has 28 heavy (non-hydrogen) atoms. The Balaban J connectivity index is 1.65. The quantitative estimate of drug-likeness (QED) is 0.685. The highest BCUT2D eigenvalue weighted by Gasteiger charge is 2.32. The summed E-state index contributed by atoms with van der Waals surface area (Å²) in [6, 6.07) is 7.78. The van der Waals surface area contributed by atoms with Gasteiger partial charge in [-0.2, -0.15) is 0 Å². The third-order valence-electron chi connectivity index (χ3n) is 5.29. The molecule has 0 aliphatic heterocycles. The topological polar surface area (TPSA) is 90.0 Å².